The highest BCUT2D eigenvalue weighted by atomic mass is 16.3. The highest BCUT2D eigenvalue weighted by Crippen LogP contribution is 2.42. The number of hydrogen-bond donors (Lipinski definition) is 2. The third-order valence-electron chi connectivity index (χ3n) is 3.67. The third kappa shape index (κ3) is 3.08. The lowest BCUT2D eigenvalue weighted by Crippen LogP contribution is -2.32. The number of nitrogens with one attached hydrogen (secondary N) is 1. The molecule has 94 valence electrons. The average Bonchev–Trinajstić information content (AvgIpc) is 3.20. The molecule has 1 aromatic carbocycles. The molecule has 1 aromatic rings. The van der Waals surface area contributed by atoms with E-state index in [0.717, 1.165) is 12.3 Å². The molecule has 0 spiro atoms. The van der Waals surface area contributed by atoms with E-state index in [2.05, 4.69) is 43.4 Å². The van der Waals surface area contributed by atoms with Crippen molar-refractivity contribution in [3.8, 4) is 0 Å². The molecule has 0 radical (unpaired) electrons. The number of aliphatic hydroxyl groups excluding tert-OH is 1. The van der Waals surface area contributed by atoms with Crippen LogP contribution in [0.3, 0.4) is 0 Å². The standard InChI is InChI=1S/C15H23NO/c1-3-11(2)16-15(10-17)14-7-5-4-6-13(14)12-8-9-12/h4-7,11-12,15-17H,3,8-10H2,1-2H3. The van der Waals surface area contributed by atoms with Gasteiger partial charge in [-0.05, 0) is 43.2 Å². The van der Waals surface area contributed by atoms with Crippen molar-refractivity contribution in [2.24, 2.45) is 0 Å². The molecule has 0 aromatic heterocycles. The normalized spacial score (nSPS) is 19.0. The highest BCUT2D eigenvalue weighted by molar-refractivity contribution is 5.35. The third-order valence-corrected chi connectivity index (χ3v) is 3.67. The van der Waals surface area contributed by atoms with E-state index < -0.39 is 0 Å². The number of hydrogen-bond acceptors (Lipinski definition) is 2. The molecular formula is C15H23NO. The van der Waals surface area contributed by atoms with Gasteiger partial charge in [0.05, 0.1) is 12.6 Å². The van der Waals surface area contributed by atoms with Crippen LogP contribution < -0.4 is 5.32 Å². The van der Waals surface area contributed by atoms with Crippen molar-refractivity contribution in [1.82, 2.24) is 5.32 Å². The molecule has 0 amide bonds. The summed E-state index contributed by atoms with van der Waals surface area (Å²) in [7, 11) is 0. The van der Waals surface area contributed by atoms with E-state index >= 15 is 0 Å². The molecule has 2 N–H and O–H groups in total. The highest BCUT2D eigenvalue weighted by Gasteiger charge is 2.28. The second-order valence-electron chi connectivity index (χ2n) is 5.11. The van der Waals surface area contributed by atoms with Crippen molar-refractivity contribution in [1.29, 1.82) is 0 Å². The van der Waals surface area contributed by atoms with E-state index in [9.17, 15) is 5.11 Å². The van der Waals surface area contributed by atoms with Crippen molar-refractivity contribution in [3.05, 3.63) is 35.4 Å². The lowest BCUT2D eigenvalue weighted by Gasteiger charge is -2.23. The van der Waals surface area contributed by atoms with Crippen molar-refractivity contribution in [2.45, 2.75) is 51.1 Å². The Kier molecular flexibility index (Phi) is 4.19. The summed E-state index contributed by atoms with van der Waals surface area (Å²) in [5.74, 6) is 0.735. The van der Waals surface area contributed by atoms with Gasteiger partial charge in [-0.3, -0.25) is 0 Å². The van der Waals surface area contributed by atoms with E-state index in [-0.39, 0.29) is 12.6 Å². The maximum Gasteiger partial charge on any atom is 0.0626 e. The minimum absolute atomic E-state index is 0.0850. The predicted octanol–water partition coefficient (Wildman–Crippen LogP) is 2.99. The van der Waals surface area contributed by atoms with Crippen LogP contribution in [0.5, 0.6) is 0 Å². The van der Waals surface area contributed by atoms with Crippen LogP contribution in [-0.2, 0) is 0 Å². The number of benzene rings is 1. The maximum atomic E-state index is 9.59. The summed E-state index contributed by atoms with van der Waals surface area (Å²) in [5.41, 5.74) is 2.72. The van der Waals surface area contributed by atoms with Gasteiger partial charge in [0.15, 0.2) is 0 Å². The zero-order valence-electron chi connectivity index (χ0n) is 10.8. The Morgan fingerprint density at radius 3 is 2.65 bits per heavy atom. The van der Waals surface area contributed by atoms with Crippen LogP contribution in [0.15, 0.2) is 24.3 Å². The zero-order chi connectivity index (χ0) is 12.3. The molecule has 0 saturated heterocycles. The Labute approximate surface area is 104 Å². The van der Waals surface area contributed by atoms with Gasteiger partial charge >= 0.3 is 0 Å². The van der Waals surface area contributed by atoms with Gasteiger partial charge in [0.1, 0.15) is 0 Å². The molecule has 0 aliphatic heterocycles. The van der Waals surface area contributed by atoms with Gasteiger partial charge in [-0.15, -0.1) is 0 Å². The first-order chi connectivity index (χ1) is 8.26. The second kappa shape index (κ2) is 5.65. The Morgan fingerprint density at radius 2 is 2.06 bits per heavy atom. The van der Waals surface area contributed by atoms with Crippen LogP contribution in [0.1, 0.15) is 56.2 Å². The van der Waals surface area contributed by atoms with E-state index in [0.29, 0.717) is 6.04 Å². The maximum absolute atomic E-state index is 9.59. The van der Waals surface area contributed by atoms with Gasteiger partial charge in [-0.2, -0.15) is 0 Å². The van der Waals surface area contributed by atoms with Crippen molar-refractivity contribution in [3.63, 3.8) is 0 Å². The van der Waals surface area contributed by atoms with Gasteiger partial charge in [0.2, 0.25) is 0 Å². The minimum atomic E-state index is 0.0850. The molecule has 2 unspecified atom stereocenters. The lowest BCUT2D eigenvalue weighted by molar-refractivity contribution is 0.233. The molecule has 1 saturated carbocycles. The van der Waals surface area contributed by atoms with Crippen molar-refractivity contribution >= 4 is 0 Å². The fraction of sp³-hybridized carbons (Fsp3) is 0.600. The van der Waals surface area contributed by atoms with Crippen LogP contribution >= 0.6 is 0 Å². The van der Waals surface area contributed by atoms with Gasteiger partial charge < -0.3 is 10.4 Å². The summed E-state index contributed by atoms with van der Waals surface area (Å²) in [5, 5.41) is 13.1. The predicted molar refractivity (Wildman–Crippen MR) is 71.1 cm³/mol. The Balaban J connectivity index is 2.17. The summed E-state index contributed by atoms with van der Waals surface area (Å²) in [6, 6.07) is 9.08. The van der Waals surface area contributed by atoms with Gasteiger partial charge in [-0.1, -0.05) is 31.2 Å². The van der Waals surface area contributed by atoms with Crippen LogP contribution in [-0.4, -0.2) is 17.8 Å². The Bertz CT molecular complexity index is 360. The topological polar surface area (TPSA) is 32.3 Å². The molecule has 17 heavy (non-hydrogen) atoms. The first-order valence-electron chi connectivity index (χ1n) is 6.72. The summed E-state index contributed by atoms with van der Waals surface area (Å²) < 4.78 is 0. The van der Waals surface area contributed by atoms with Crippen LogP contribution in [0, 0.1) is 0 Å². The summed E-state index contributed by atoms with van der Waals surface area (Å²) in [6.07, 6.45) is 3.69. The molecule has 1 fully saturated rings. The summed E-state index contributed by atoms with van der Waals surface area (Å²) in [4.78, 5) is 0. The Hall–Kier alpha value is -0.860. The monoisotopic (exact) mass is 233 g/mol. The van der Waals surface area contributed by atoms with Crippen LogP contribution in [0.2, 0.25) is 0 Å². The van der Waals surface area contributed by atoms with E-state index in [1.165, 1.54) is 24.0 Å². The van der Waals surface area contributed by atoms with Gasteiger partial charge in [-0.25, -0.2) is 0 Å². The average molecular weight is 233 g/mol. The molecule has 2 rings (SSSR count). The van der Waals surface area contributed by atoms with Crippen LogP contribution in [0.4, 0.5) is 0 Å². The van der Waals surface area contributed by atoms with E-state index in [1.54, 1.807) is 0 Å². The fourth-order valence-corrected chi connectivity index (χ4v) is 2.30. The lowest BCUT2D eigenvalue weighted by atomic mass is 9.97. The molecule has 2 atom stereocenters. The summed E-state index contributed by atoms with van der Waals surface area (Å²) in [6.45, 7) is 4.51. The minimum Gasteiger partial charge on any atom is -0.394 e. The quantitative estimate of drug-likeness (QED) is 0.791. The first-order valence-corrected chi connectivity index (χ1v) is 6.72. The molecule has 1 aliphatic rings. The smallest absolute Gasteiger partial charge is 0.0626 e. The number of aliphatic hydroxyl groups is 1. The van der Waals surface area contributed by atoms with Crippen LogP contribution in [0.25, 0.3) is 0 Å². The fourth-order valence-electron chi connectivity index (χ4n) is 2.30. The van der Waals surface area contributed by atoms with Crippen molar-refractivity contribution < 1.29 is 5.11 Å². The molecule has 2 nitrogen and oxygen atoms in total. The zero-order valence-corrected chi connectivity index (χ0v) is 10.8. The molecular weight excluding hydrogens is 210 g/mol. The van der Waals surface area contributed by atoms with E-state index in [4.69, 9.17) is 0 Å². The van der Waals surface area contributed by atoms with Gasteiger partial charge in [0, 0.05) is 6.04 Å². The molecule has 0 heterocycles. The largest absolute Gasteiger partial charge is 0.394 e. The Morgan fingerprint density at radius 1 is 1.35 bits per heavy atom. The second-order valence-corrected chi connectivity index (χ2v) is 5.11. The molecule has 0 bridgehead atoms. The van der Waals surface area contributed by atoms with Crippen molar-refractivity contribution in [2.75, 3.05) is 6.61 Å². The molecule has 1 aliphatic carbocycles. The SMILES string of the molecule is CCC(C)NC(CO)c1ccccc1C1CC1. The van der Waals surface area contributed by atoms with E-state index in [1.807, 2.05) is 0 Å². The van der Waals surface area contributed by atoms with Gasteiger partial charge in [0.25, 0.3) is 0 Å². The number of rotatable bonds is 6. The summed E-state index contributed by atoms with van der Waals surface area (Å²) >= 11 is 0. The molecule has 2 heteroatoms. The first kappa shape index (κ1) is 12.6.